The average Bonchev–Trinajstić information content (AvgIpc) is 3.29. The highest BCUT2D eigenvalue weighted by molar-refractivity contribution is 6.30. The van der Waals surface area contributed by atoms with Gasteiger partial charge in [-0.3, -0.25) is 0 Å². The summed E-state index contributed by atoms with van der Waals surface area (Å²) in [5.41, 5.74) is 3.17. The normalized spacial score (nSPS) is 13.3. The van der Waals surface area contributed by atoms with Gasteiger partial charge in [0.1, 0.15) is 24.1 Å². The first-order valence-electron chi connectivity index (χ1n) is 10.8. The number of carbonyl (C=O) groups excluding carboxylic acids is 1. The predicted molar refractivity (Wildman–Crippen MR) is 123 cm³/mol. The van der Waals surface area contributed by atoms with Gasteiger partial charge >= 0.3 is 5.97 Å². The van der Waals surface area contributed by atoms with E-state index in [1.807, 2.05) is 0 Å². The lowest BCUT2D eigenvalue weighted by Crippen LogP contribution is -2.08. The van der Waals surface area contributed by atoms with Gasteiger partial charge < -0.3 is 9.47 Å². The Balaban J connectivity index is 1.71. The SMILES string of the molecule is CCOC(=O)c1cc(C2=C(c3cc(Cl)cnc3OCc3ccc(F)cc3F)CCC2)ccc1F. The monoisotopic (exact) mass is 487 g/mol. The van der Waals surface area contributed by atoms with E-state index >= 15 is 0 Å². The van der Waals surface area contributed by atoms with Crippen molar-refractivity contribution in [2.75, 3.05) is 6.61 Å². The Hall–Kier alpha value is -3.32. The number of pyridine rings is 1. The van der Waals surface area contributed by atoms with E-state index in [4.69, 9.17) is 21.1 Å². The third-order valence-corrected chi connectivity index (χ3v) is 5.76. The molecule has 0 saturated carbocycles. The fourth-order valence-electron chi connectivity index (χ4n) is 3.98. The van der Waals surface area contributed by atoms with Gasteiger partial charge in [0.25, 0.3) is 0 Å². The Labute approximate surface area is 200 Å². The lowest BCUT2D eigenvalue weighted by Gasteiger charge is -2.15. The van der Waals surface area contributed by atoms with Crippen molar-refractivity contribution >= 4 is 28.7 Å². The number of aromatic nitrogens is 1. The fourth-order valence-corrected chi connectivity index (χ4v) is 4.14. The van der Waals surface area contributed by atoms with Crippen molar-refractivity contribution in [2.45, 2.75) is 32.8 Å². The number of hydrogen-bond donors (Lipinski definition) is 0. The van der Waals surface area contributed by atoms with E-state index in [2.05, 4.69) is 4.98 Å². The van der Waals surface area contributed by atoms with Crippen molar-refractivity contribution in [1.29, 1.82) is 0 Å². The number of esters is 1. The minimum Gasteiger partial charge on any atom is -0.472 e. The zero-order valence-corrected chi connectivity index (χ0v) is 19.1. The molecule has 0 radical (unpaired) electrons. The zero-order chi connectivity index (χ0) is 24.2. The van der Waals surface area contributed by atoms with Crippen LogP contribution in [0.2, 0.25) is 5.02 Å². The maximum absolute atomic E-state index is 14.3. The van der Waals surface area contributed by atoms with E-state index in [0.29, 0.717) is 29.0 Å². The van der Waals surface area contributed by atoms with E-state index < -0.39 is 23.4 Å². The molecule has 1 aliphatic rings. The smallest absolute Gasteiger partial charge is 0.341 e. The van der Waals surface area contributed by atoms with E-state index in [1.165, 1.54) is 24.4 Å². The van der Waals surface area contributed by atoms with Crippen molar-refractivity contribution in [3.63, 3.8) is 0 Å². The molecule has 0 aliphatic heterocycles. The summed E-state index contributed by atoms with van der Waals surface area (Å²) in [6, 6.07) is 9.33. The average molecular weight is 488 g/mol. The summed E-state index contributed by atoms with van der Waals surface area (Å²) in [7, 11) is 0. The van der Waals surface area contributed by atoms with Crippen molar-refractivity contribution in [1.82, 2.24) is 4.98 Å². The van der Waals surface area contributed by atoms with Crippen LogP contribution in [0.1, 0.15) is 53.2 Å². The van der Waals surface area contributed by atoms with Gasteiger partial charge in [-0.25, -0.2) is 22.9 Å². The third kappa shape index (κ3) is 5.09. The van der Waals surface area contributed by atoms with Gasteiger partial charge in [-0.05, 0) is 73.2 Å². The first-order valence-corrected chi connectivity index (χ1v) is 11.2. The summed E-state index contributed by atoms with van der Waals surface area (Å²) in [4.78, 5) is 16.5. The van der Waals surface area contributed by atoms with Crippen LogP contribution in [-0.4, -0.2) is 17.6 Å². The van der Waals surface area contributed by atoms with Crippen LogP contribution in [0.5, 0.6) is 5.88 Å². The van der Waals surface area contributed by atoms with Crippen molar-refractivity contribution in [3.05, 3.63) is 93.4 Å². The molecule has 0 unspecified atom stereocenters. The summed E-state index contributed by atoms with van der Waals surface area (Å²) in [6.45, 7) is 1.64. The third-order valence-electron chi connectivity index (χ3n) is 5.55. The minimum atomic E-state index is -0.725. The van der Waals surface area contributed by atoms with Crippen LogP contribution in [0, 0.1) is 17.5 Å². The molecule has 4 rings (SSSR count). The molecule has 0 saturated heterocycles. The van der Waals surface area contributed by atoms with Crippen LogP contribution in [0.15, 0.2) is 48.7 Å². The number of ether oxygens (including phenoxy) is 2. The second-order valence-electron chi connectivity index (χ2n) is 7.76. The van der Waals surface area contributed by atoms with Gasteiger partial charge in [-0.2, -0.15) is 0 Å². The maximum atomic E-state index is 14.3. The molecular formula is C26H21ClF3NO3. The second-order valence-corrected chi connectivity index (χ2v) is 8.19. The highest BCUT2D eigenvalue weighted by Gasteiger charge is 2.24. The number of carbonyl (C=O) groups is 1. The number of halogens is 4. The van der Waals surface area contributed by atoms with Gasteiger partial charge in [-0.15, -0.1) is 0 Å². The number of allylic oxidation sites excluding steroid dienone is 2. The molecule has 1 heterocycles. The van der Waals surface area contributed by atoms with Crippen LogP contribution < -0.4 is 4.74 Å². The Morgan fingerprint density at radius 2 is 1.82 bits per heavy atom. The summed E-state index contributed by atoms with van der Waals surface area (Å²) in [5.74, 6) is -2.52. The van der Waals surface area contributed by atoms with E-state index in [1.54, 1.807) is 19.1 Å². The van der Waals surface area contributed by atoms with E-state index in [-0.39, 0.29) is 30.2 Å². The summed E-state index contributed by atoms with van der Waals surface area (Å²) >= 11 is 6.22. The summed E-state index contributed by atoms with van der Waals surface area (Å²) in [6.07, 6.45) is 3.63. The standard InChI is InChI=1S/C26H21ClF3NO3/c1-2-33-26(32)22-10-15(7-9-23(22)29)19-4-3-5-20(19)21-11-17(27)13-31-25(21)34-14-16-6-8-18(28)12-24(16)30/h6-13H,2-5,14H2,1H3. The van der Waals surface area contributed by atoms with Crippen molar-refractivity contribution < 1.29 is 27.4 Å². The fraction of sp³-hybridized carbons (Fsp3) is 0.231. The molecule has 0 amide bonds. The Bertz CT molecular complexity index is 1280. The molecule has 1 aliphatic carbocycles. The molecule has 176 valence electrons. The quantitative estimate of drug-likeness (QED) is 0.336. The molecule has 0 N–H and O–H groups in total. The first kappa shape index (κ1) is 23.8. The van der Waals surface area contributed by atoms with Crippen molar-refractivity contribution in [3.8, 4) is 5.88 Å². The molecule has 2 aromatic carbocycles. The Morgan fingerprint density at radius 3 is 2.59 bits per heavy atom. The molecule has 4 nitrogen and oxygen atoms in total. The molecule has 3 aromatic rings. The predicted octanol–water partition coefficient (Wildman–Crippen LogP) is 7.00. The van der Waals surface area contributed by atoms with Gasteiger partial charge in [0.2, 0.25) is 5.88 Å². The van der Waals surface area contributed by atoms with Crippen LogP contribution in [0.3, 0.4) is 0 Å². The lowest BCUT2D eigenvalue weighted by molar-refractivity contribution is 0.0521. The number of rotatable bonds is 7. The highest BCUT2D eigenvalue weighted by Crippen LogP contribution is 2.43. The molecule has 34 heavy (non-hydrogen) atoms. The highest BCUT2D eigenvalue weighted by atomic mass is 35.5. The molecule has 8 heteroatoms. The van der Waals surface area contributed by atoms with Gasteiger partial charge in [-0.1, -0.05) is 17.7 Å². The Kier molecular flexibility index (Phi) is 7.22. The molecule has 0 atom stereocenters. The zero-order valence-electron chi connectivity index (χ0n) is 18.3. The molecule has 1 aromatic heterocycles. The van der Waals surface area contributed by atoms with E-state index in [9.17, 15) is 18.0 Å². The largest absolute Gasteiger partial charge is 0.472 e. The number of benzene rings is 2. The van der Waals surface area contributed by atoms with Gasteiger partial charge in [0.05, 0.1) is 17.2 Å². The van der Waals surface area contributed by atoms with Gasteiger partial charge in [0.15, 0.2) is 0 Å². The maximum Gasteiger partial charge on any atom is 0.341 e. The molecule has 0 bridgehead atoms. The summed E-state index contributed by atoms with van der Waals surface area (Å²) in [5, 5.41) is 0.389. The number of hydrogen-bond acceptors (Lipinski definition) is 4. The molecular weight excluding hydrogens is 467 g/mol. The summed E-state index contributed by atoms with van der Waals surface area (Å²) < 4.78 is 52.3. The van der Waals surface area contributed by atoms with Gasteiger partial charge in [0, 0.05) is 23.4 Å². The second kappa shape index (κ2) is 10.3. The topological polar surface area (TPSA) is 48.4 Å². The van der Waals surface area contributed by atoms with Crippen molar-refractivity contribution in [2.24, 2.45) is 0 Å². The van der Waals surface area contributed by atoms with Crippen LogP contribution in [-0.2, 0) is 11.3 Å². The number of nitrogens with zero attached hydrogens (tertiary/aromatic N) is 1. The Morgan fingerprint density at radius 1 is 1.03 bits per heavy atom. The van der Waals surface area contributed by atoms with Crippen LogP contribution in [0.25, 0.3) is 11.1 Å². The minimum absolute atomic E-state index is 0.134. The van der Waals surface area contributed by atoms with Crippen LogP contribution >= 0.6 is 11.6 Å². The lowest BCUT2D eigenvalue weighted by atomic mass is 9.96. The van der Waals surface area contributed by atoms with E-state index in [0.717, 1.165) is 29.7 Å². The molecule has 0 spiro atoms. The van der Waals surface area contributed by atoms with Crippen LogP contribution in [0.4, 0.5) is 13.2 Å². The molecule has 0 fully saturated rings. The first-order chi connectivity index (χ1) is 16.4.